The molecule has 3 rings (SSSR count). The fraction of sp³-hybridized carbons (Fsp3) is 0.235. The first-order valence-corrected chi connectivity index (χ1v) is 8.09. The molecule has 0 spiro atoms. The first-order valence-electron chi connectivity index (χ1n) is 7.10. The molecule has 1 aliphatic heterocycles. The third-order valence-electron chi connectivity index (χ3n) is 3.63. The second-order valence-electron chi connectivity index (χ2n) is 5.14. The molecule has 1 aliphatic rings. The van der Waals surface area contributed by atoms with Crippen LogP contribution >= 0.6 is 11.8 Å². The maximum absolute atomic E-state index is 12.5. The van der Waals surface area contributed by atoms with Gasteiger partial charge in [-0.3, -0.25) is 4.79 Å². The number of carbonyl (C=O) groups is 1. The number of aryl methyl sites for hydroxylation is 1. The van der Waals surface area contributed by atoms with E-state index in [0.29, 0.717) is 11.4 Å². The molecule has 0 saturated heterocycles. The third kappa shape index (κ3) is 3.22. The van der Waals surface area contributed by atoms with Gasteiger partial charge in [-0.1, -0.05) is 24.3 Å². The van der Waals surface area contributed by atoms with Gasteiger partial charge in [0, 0.05) is 22.8 Å². The number of benzene rings is 2. The molecule has 2 N–H and O–H groups in total. The standard InChI is InChI=1S/C17H18N2OS/c18-14-9-8-13-5-4-10-19(16(13)11-14)17(20)12-21-15-6-2-1-3-7-15/h1-3,6-9,11H,4-5,10,12,18H2. The molecule has 0 radical (unpaired) electrons. The lowest BCUT2D eigenvalue weighted by molar-refractivity contribution is -0.116. The van der Waals surface area contributed by atoms with Crippen LogP contribution in [0.3, 0.4) is 0 Å². The Bertz CT molecular complexity index is 642. The zero-order valence-corrected chi connectivity index (χ0v) is 12.6. The SMILES string of the molecule is Nc1ccc2c(c1)N(C(=O)CSc1ccccc1)CCC2. The lowest BCUT2D eigenvalue weighted by Crippen LogP contribution is -2.36. The molecular weight excluding hydrogens is 280 g/mol. The monoisotopic (exact) mass is 298 g/mol. The fourth-order valence-electron chi connectivity index (χ4n) is 2.59. The number of nitrogens with two attached hydrogens (primary N) is 1. The molecule has 4 heteroatoms. The topological polar surface area (TPSA) is 46.3 Å². The molecule has 0 unspecified atom stereocenters. The van der Waals surface area contributed by atoms with Crippen molar-refractivity contribution in [2.45, 2.75) is 17.7 Å². The minimum atomic E-state index is 0.149. The van der Waals surface area contributed by atoms with Crippen LogP contribution in [-0.2, 0) is 11.2 Å². The molecule has 0 aromatic heterocycles. The van der Waals surface area contributed by atoms with Crippen molar-refractivity contribution in [2.24, 2.45) is 0 Å². The minimum absolute atomic E-state index is 0.149. The van der Waals surface area contributed by atoms with Crippen molar-refractivity contribution in [3.8, 4) is 0 Å². The molecule has 2 aromatic carbocycles. The highest BCUT2D eigenvalue weighted by Gasteiger charge is 2.22. The maximum Gasteiger partial charge on any atom is 0.237 e. The van der Waals surface area contributed by atoms with E-state index in [0.717, 1.165) is 30.0 Å². The van der Waals surface area contributed by atoms with E-state index in [2.05, 4.69) is 0 Å². The van der Waals surface area contributed by atoms with Crippen molar-refractivity contribution in [1.29, 1.82) is 0 Å². The molecular formula is C17H18N2OS. The highest BCUT2D eigenvalue weighted by Crippen LogP contribution is 2.30. The number of carbonyl (C=O) groups excluding carboxylic acids is 1. The number of anilines is 2. The van der Waals surface area contributed by atoms with Crippen molar-refractivity contribution in [2.75, 3.05) is 22.9 Å². The predicted molar refractivity (Wildman–Crippen MR) is 88.7 cm³/mol. The molecule has 1 amide bonds. The van der Waals surface area contributed by atoms with Crippen LogP contribution in [0.2, 0.25) is 0 Å². The van der Waals surface area contributed by atoms with E-state index < -0.39 is 0 Å². The Kier molecular flexibility index (Phi) is 4.15. The number of nitrogen functional groups attached to an aromatic ring is 1. The third-order valence-corrected chi connectivity index (χ3v) is 4.63. The Morgan fingerprint density at radius 1 is 1.19 bits per heavy atom. The number of hydrogen-bond acceptors (Lipinski definition) is 3. The van der Waals surface area contributed by atoms with Gasteiger partial charge in [-0.05, 0) is 42.7 Å². The van der Waals surface area contributed by atoms with Gasteiger partial charge in [-0.15, -0.1) is 11.8 Å². The first kappa shape index (κ1) is 14.0. The van der Waals surface area contributed by atoms with E-state index in [1.165, 1.54) is 5.56 Å². The van der Waals surface area contributed by atoms with Crippen molar-refractivity contribution in [3.05, 3.63) is 54.1 Å². The zero-order chi connectivity index (χ0) is 14.7. The molecule has 3 nitrogen and oxygen atoms in total. The summed E-state index contributed by atoms with van der Waals surface area (Å²) in [6, 6.07) is 15.9. The summed E-state index contributed by atoms with van der Waals surface area (Å²) in [6.07, 6.45) is 2.03. The first-order chi connectivity index (χ1) is 10.2. The number of amides is 1. The molecule has 2 aromatic rings. The molecule has 0 bridgehead atoms. The van der Waals surface area contributed by atoms with Gasteiger partial charge in [0.05, 0.1) is 5.75 Å². The van der Waals surface area contributed by atoms with Crippen LogP contribution < -0.4 is 10.6 Å². The molecule has 1 heterocycles. The summed E-state index contributed by atoms with van der Waals surface area (Å²) in [5, 5.41) is 0. The van der Waals surface area contributed by atoms with Gasteiger partial charge < -0.3 is 10.6 Å². The maximum atomic E-state index is 12.5. The van der Waals surface area contributed by atoms with Crippen molar-refractivity contribution in [3.63, 3.8) is 0 Å². The van der Waals surface area contributed by atoms with E-state index in [-0.39, 0.29) is 5.91 Å². The number of thioether (sulfide) groups is 1. The number of fused-ring (bicyclic) bond motifs is 1. The summed E-state index contributed by atoms with van der Waals surface area (Å²) in [5.74, 6) is 0.605. The van der Waals surface area contributed by atoms with Crippen LogP contribution in [0.15, 0.2) is 53.4 Å². The molecule has 0 atom stereocenters. The fourth-order valence-corrected chi connectivity index (χ4v) is 3.39. The average Bonchev–Trinajstić information content (AvgIpc) is 2.53. The number of hydrogen-bond donors (Lipinski definition) is 1. The van der Waals surface area contributed by atoms with Crippen molar-refractivity contribution < 1.29 is 4.79 Å². The Morgan fingerprint density at radius 3 is 2.81 bits per heavy atom. The molecule has 21 heavy (non-hydrogen) atoms. The van der Waals surface area contributed by atoms with Crippen LogP contribution in [0.25, 0.3) is 0 Å². The van der Waals surface area contributed by atoms with Gasteiger partial charge in [-0.25, -0.2) is 0 Å². The van der Waals surface area contributed by atoms with Gasteiger partial charge in [0.15, 0.2) is 0 Å². The van der Waals surface area contributed by atoms with Gasteiger partial charge in [0.25, 0.3) is 0 Å². The van der Waals surface area contributed by atoms with E-state index in [4.69, 9.17) is 5.73 Å². The molecule has 0 aliphatic carbocycles. The second-order valence-corrected chi connectivity index (χ2v) is 6.19. The largest absolute Gasteiger partial charge is 0.399 e. The lowest BCUT2D eigenvalue weighted by atomic mass is 10.0. The second kappa shape index (κ2) is 6.22. The Labute approximate surface area is 129 Å². The van der Waals surface area contributed by atoms with Gasteiger partial charge in [0.2, 0.25) is 5.91 Å². The van der Waals surface area contributed by atoms with Gasteiger partial charge in [-0.2, -0.15) is 0 Å². The van der Waals surface area contributed by atoms with Crippen LogP contribution in [0, 0.1) is 0 Å². The average molecular weight is 298 g/mol. The molecule has 0 fully saturated rings. The summed E-state index contributed by atoms with van der Waals surface area (Å²) in [5.41, 5.74) is 8.78. The Hall–Kier alpha value is -1.94. The minimum Gasteiger partial charge on any atom is -0.399 e. The molecule has 0 saturated carbocycles. The summed E-state index contributed by atoms with van der Waals surface area (Å²) in [7, 11) is 0. The normalized spacial score (nSPS) is 13.8. The summed E-state index contributed by atoms with van der Waals surface area (Å²) in [6.45, 7) is 0.782. The van der Waals surface area contributed by atoms with Crippen LogP contribution in [0.1, 0.15) is 12.0 Å². The van der Waals surface area contributed by atoms with Crippen LogP contribution in [0.5, 0.6) is 0 Å². The lowest BCUT2D eigenvalue weighted by Gasteiger charge is -2.29. The smallest absolute Gasteiger partial charge is 0.237 e. The van der Waals surface area contributed by atoms with Crippen molar-refractivity contribution in [1.82, 2.24) is 0 Å². The highest BCUT2D eigenvalue weighted by atomic mass is 32.2. The van der Waals surface area contributed by atoms with Gasteiger partial charge >= 0.3 is 0 Å². The summed E-state index contributed by atoms with van der Waals surface area (Å²) < 4.78 is 0. The van der Waals surface area contributed by atoms with Crippen LogP contribution in [0.4, 0.5) is 11.4 Å². The number of rotatable bonds is 3. The van der Waals surface area contributed by atoms with E-state index in [1.54, 1.807) is 11.8 Å². The quantitative estimate of drug-likeness (QED) is 0.698. The summed E-state index contributed by atoms with van der Waals surface area (Å²) >= 11 is 1.58. The Morgan fingerprint density at radius 2 is 2.00 bits per heavy atom. The van der Waals surface area contributed by atoms with E-state index >= 15 is 0 Å². The predicted octanol–water partition coefficient (Wildman–Crippen LogP) is 3.34. The number of nitrogens with zero attached hydrogens (tertiary/aromatic N) is 1. The van der Waals surface area contributed by atoms with E-state index in [9.17, 15) is 4.79 Å². The highest BCUT2D eigenvalue weighted by molar-refractivity contribution is 8.00. The molecule has 108 valence electrons. The van der Waals surface area contributed by atoms with E-state index in [1.807, 2.05) is 53.4 Å². The summed E-state index contributed by atoms with van der Waals surface area (Å²) in [4.78, 5) is 15.5. The van der Waals surface area contributed by atoms with Gasteiger partial charge in [0.1, 0.15) is 0 Å². The van der Waals surface area contributed by atoms with Crippen molar-refractivity contribution >= 4 is 29.0 Å². The van der Waals surface area contributed by atoms with Crippen LogP contribution in [-0.4, -0.2) is 18.2 Å². The zero-order valence-electron chi connectivity index (χ0n) is 11.8. The Balaban J connectivity index is 1.73.